The first-order valence-corrected chi connectivity index (χ1v) is 8.34. The third-order valence-electron chi connectivity index (χ3n) is 4.73. The van der Waals surface area contributed by atoms with Crippen molar-refractivity contribution < 1.29 is 4.79 Å². The van der Waals surface area contributed by atoms with Gasteiger partial charge in [0.15, 0.2) is 0 Å². The maximum absolute atomic E-state index is 12.2. The molecule has 1 saturated heterocycles. The average Bonchev–Trinajstić information content (AvgIpc) is 2.39. The van der Waals surface area contributed by atoms with Gasteiger partial charge in [-0.1, -0.05) is 32.1 Å². The summed E-state index contributed by atoms with van der Waals surface area (Å²) in [6.07, 6.45) is 12.5. The highest BCUT2D eigenvalue weighted by atomic mass is 16.1. The van der Waals surface area contributed by atoms with Crippen molar-refractivity contribution in [2.24, 2.45) is 11.8 Å². The maximum atomic E-state index is 12.2. The van der Waals surface area contributed by atoms with E-state index in [1.807, 2.05) is 0 Å². The Labute approximate surface area is 117 Å². The van der Waals surface area contributed by atoms with E-state index in [-0.39, 0.29) is 0 Å². The molecule has 110 valence electrons. The highest BCUT2D eigenvalue weighted by Gasteiger charge is 2.19. The molecule has 2 N–H and O–H groups in total. The van der Waals surface area contributed by atoms with Gasteiger partial charge >= 0.3 is 0 Å². The largest absolute Gasteiger partial charge is 0.356 e. The van der Waals surface area contributed by atoms with Crippen LogP contribution in [0, 0.1) is 11.8 Å². The Balaban J connectivity index is 1.62. The molecule has 2 aliphatic rings. The number of amides is 1. The van der Waals surface area contributed by atoms with Crippen LogP contribution in [-0.4, -0.2) is 25.5 Å². The van der Waals surface area contributed by atoms with Crippen molar-refractivity contribution in [1.82, 2.24) is 10.6 Å². The zero-order chi connectivity index (χ0) is 13.3. The van der Waals surface area contributed by atoms with Crippen LogP contribution in [0.3, 0.4) is 0 Å². The van der Waals surface area contributed by atoms with Crippen molar-refractivity contribution in [1.29, 1.82) is 0 Å². The van der Waals surface area contributed by atoms with Gasteiger partial charge in [0.1, 0.15) is 0 Å². The quantitative estimate of drug-likeness (QED) is 0.821. The summed E-state index contributed by atoms with van der Waals surface area (Å²) in [5, 5.41) is 6.62. The minimum atomic E-state index is 0.296. The molecule has 0 radical (unpaired) electrons. The molecule has 0 aromatic carbocycles. The van der Waals surface area contributed by atoms with Crippen molar-refractivity contribution in [2.45, 2.75) is 64.2 Å². The number of nitrogens with one attached hydrogen (secondary N) is 2. The summed E-state index contributed by atoms with van der Waals surface area (Å²) in [6, 6.07) is 0. The van der Waals surface area contributed by atoms with Crippen LogP contribution in [0.1, 0.15) is 64.2 Å². The van der Waals surface area contributed by atoms with Crippen LogP contribution in [0.5, 0.6) is 0 Å². The van der Waals surface area contributed by atoms with Crippen LogP contribution in [0.15, 0.2) is 0 Å². The van der Waals surface area contributed by atoms with Gasteiger partial charge in [-0.25, -0.2) is 0 Å². The summed E-state index contributed by atoms with van der Waals surface area (Å²) in [5.41, 5.74) is 0. The van der Waals surface area contributed by atoms with E-state index < -0.39 is 0 Å². The first-order valence-electron chi connectivity index (χ1n) is 8.34. The number of hydrogen-bond acceptors (Lipinski definition) is 2. The van der Waals surface area contributed by atoms with Gasteiger partial charge in [-0.15, -0.1) is 0 Å². The van der Waals surface area contributed by atoms with Gasteiger partial charge < -0.3 is 10.6 Å². The van der Waals surface area contributed by atoms with Gasteiger partial charge in [0.05, 0.1) is 0 Å². The fourth-order valence-corrected chi connectivity index (χ4v) is 3.43. The molecule has 0 aromatic heterocycles. The second kappa shape index (κ2) is 8.57. The summed E-state index contributed by atoms with van der Waals surface area (Å²) < 4.78 is 0. The Morgan fingerprint density at radius 2 is 1.74 bits per heavy atom. The fraction of sp³-hybridized carbons (Fsp3) is 0.938. The molecule has 0 bridgehead atoms. The van der Waals surface area contributed by atoms with Crippen molar-refractivity contribution in [3.8, 4) is 0 Å². The van der Waals surface area contributed by atoms with Crippen LogP contribution in [0.2, 0.25) is 0 Å². The molecule has 1 amide bonds. The van der Waals surface area contributed by atoms with E-state index in [1.165, 1.54) is 51.5 Å². The van der Waals surface area contributed by atoms with E-state index in [1.54, 1.807) is 0 Å². The topological polar surface area (TPSA) is 41.1 Å². The van der Waals surface area contributed by atoms with E-state index in [0.717, 1.165) is 38.3 Å². The van der Waals surface area contributed by atoms with E-state index in [4.69, 9.17) is 0 Å². The number of piperidine rings is 1. The average molecular weight is 266 g/mol. The van der Waals surface area contributed by atoms with E-state index in [0.29, 0.717) is 11.8 Å². The summed E-state index contributed by atoms with van der Waals surface area (Å²) in [4.78, 5) is 12.2. The van der Waals surface area contributed by atoms with E-state index in [2.05, 4.69) is 10.6 Å². The van der Waals surface area contributed by atoms with Crippen LogP contribution >= 0.6 is 0 Å². The molecule has 0 aromatic rings. The predicted octanol–water partition coefficient (Wildman–Crippen LogP) is 2.85. The Hall–Kier alpha value is -0.570. The first-order chi connectivity index (χ1) is 9.36. The number of carbonyl (C=O) groups is 1. The lowest BCUT2D eigenvalue weighted by Gasteiger charge is -2.23. The monoisotopic (exact) mass is 266 g/mol. The van der Waals surface area contributed by atoms with Crippen molar-refractivity contribution in [3.05, 3.63) is 0 Å². The molecule has 0 spiro atoms. The normalized spacial score (nSPS) is 26.4. The second-order valence-electron chi connectivity index (χ2n) is 6.33. The van der Waals surface area contributed by atoms with Gasteiger partial charge in [-0.05, 0) is 51.1 Å². The number of rotatable bonds is 4. The molecule has 1 aliphatic heterocycles. The molecule has 3 nitrogen and oxygen atoms in total. The minimum absolute atomic E-state index is 0.296. The number of hydrogen-bond donors (Lipinski definition) is 2. The summed E-state index contributed by atoms with van der Waals surface area (Å²) in [7, 11) is 0. The van der Waals surface area contributed by atoms with Crippen molar-refractivity contribution in [3.63, 3.8) is 0 Å². The van der Waals surface area contributed by atoms with Crippen LogP contribution in [0.4, 0.5) is 0 Å². The highest BCUT2D eigenvalue weighted by Crippen LogP contribution is 2.22. The molecular weight excluding hydrogens is 236 g/mol. The Morgan fingerprint density at radius 3 is 2.42 bits per heavy atom. The molecule has 1 aliphatic carbocycles. The molecule has 19 heavy (non-hydrogen) atoms. The minimum Gasteiger partial charge on any atom is -0.356 e. The third kappa shape index (κ3) is 5.52. The predicted molar refractivity (Wildman–Crippen MR) is 79.0 cm³/mol. The zero-order valence-corrected chi connectivity index (χ0v) is 12.3. The van der Waals surface area contributed by atoms with Crippen LogP contribution < -0.4 is 10.6 Å². The summed E-state index contributed by atoms with van der Waals surface area (Å²) >= 11 is 0. The lowest BCUT2D eigenvalue weighted by atomic mass is 9.90. The van der Waals surface area contributed by atoms with E-state index in [9.17, 15) is 4.79 Å². The molecule has 1 unspecified atom stereocenters. The van der Waals surface area contributed by atoms with Crippen LogP contribution in [-0.2, 0) is 4.79 Å². The lowest BCUT2D eigenvalue weighted by Crippen LogP contribution is -2.35. The highest BCUT2D eigenvalue weighted by molar-refractivity contribution is 5.78. The van der Waals surface area contributed by atoms with E-state index >= 15 is 0 Å². The maximum Gasteiger partial charge on any atom is 0.223 e. The third-order valence-corrected chi connectivity index (χ3v) is 4.73. The fourth-order valence-electron chi connectivity index (χ4n) is 3.43. The molecular formula is C16H30N2O. The van der Waals surface area contributed by atoms with Gasteiger partial charge in [0, 0.05) is 12.5 Å². The zero-order valence-electron chi connectivity index (χ0n) is 12.3. The second-order valence-corrected chi connectivity index (χ2v) is 6.33. The smallest absolute Gasteiger partial charge is 0.223 e. The Morgan fingerprint density at radius 1 is 1.00 bits per heavy atom. The number of carbonyl (C=O) groups excluding carboxylic acids is 1. The SMILES string of the molecule is O=C(NCCC1CCCNC1)C1CCCCCCC1. The summed E-state index contributed by atoms with van der Waals surface area (Å²) in [6.45, 7) is 3.19. The van der Waals surface area contributed by atoms with Gasteiger partial charge in [-0.2, -0.15) is 0 Å². The molecule has 2 rings (SSSR count). The van der Waals surface area contributed by atoms with Gasteiger partial charge in [0.25, 0.3) is 0 Å². The molecule has 3 heteroatoms. The lowest BCUT2D eigenvalue weighted by molar-refractivity contribution is -0.125. The molecule has 1 heterocycles. The van der Waals surface area contributed by atoms with Crippen LogP contribution in [0.25, 0.3) is 0 Å². The Kier molecular flexibility index (Phi) is 6.69. The standard InChI is InChI=1S/C16H30N2O/c19-16(15-8-4-2-1-3-5-9-15)18-12-10-14-7-6-11-17-13-14/h14-15,17H,1-13H2,(H,18,19). The van der Waals surface area contributed by atoms with Crippen molar-refractivity contribution in [2.75, 3.05) is 19.6 Å². The Bertz CT molecular complexity index is 253. The van der Waals surface area contributed by atoms with Gasteiger partial charge in [0.2, 0.25) is 5.91 Å². The molecule has 2 fully saturated rings. The molecule has 1 saturated carbocycles. The summed E-state index contributed by atoms with van der Waals surface area (Å²) in [5.74, 6) is 1.39. The van der Waals surface area contributed by atoms with Crippen molar-refractivity contribution >= 4 is 5.91 Å². The van der Waals surface area contributed by atoms with Gasteiger partial charge in [-0.3, -0.25) is 4.79 Å². The molecule has 1 atom stereocenters. The first kappa shape index (κ1) is 14.8.